The third-order valence-corrected chi connectivity index (χ3v) is 5.92. The number of carbonyl (C=O) groups is 1. The first kappa shape index (κ1) is 24.6. The van der Waals surface area contributed by atoms with Gasteiger partial charge in [-0.2, -0.15) is 0 Å². The maximum Gasteiger partial charge on any atom is 0.251 e. The van der Waals surface area contributed by atoms with Crippen LogP contribution in [-0.2, 0) is 6.42 Å². The SMILES string of the molecule is CCCCCCCCCOc1ccc(C(=O)NC(Cc2ccccc2)c2ccccc2)cc1. The van der Waals surface area contributed by atoms with Crippen molar-refractivity contribution in [1.29, 1.82) is 0 Å². The first-order valence-electron chi connectivity index (χ1n) is 12.4. The summed E-state index contributed by atoms with van der Waals surface area (Å²) in [5.74, 6) is 0.750. The van der Waals surface area contributed by atoms with Gasteiger partial charge in [0.15, 0.2) is 0 Å². The zero-order valence-electron chi connectivity index (χ0n) is 19.8. The molecule has 174 valence electrons. The molecule has 0 radical (unpaired) electrons. The number of hydrogen-bond acceptors (Lipinski definition) is 2. The summed E-state index contributed by atoms with van der Waals surface area (Å²) < 4.78 is 5.87. The van der Waals surface area contributed by atoms with Crippen LogP contribution in [0.15, 0.2) is 84.9 Å². The minimum Gasteiger partial charge on any atom is -0.494 e. The Labute approximate surface area is 199 Å². The van der Waals surface area contributed by atoms with Gasteiger partial charge in [-0.15, -0.1) is 0 Å². The van der Waals surface area contributed by atoms with E-state index in [9.17, 15) is 4.79 Å². The monoisotopic (exact) mass is 443 g/mol. The van der Waals surface area contributed by atoms with Crippen molar-refractivity contribution in [3.05, 3.63) is 102 Å². The predicted octanol–water partition coefficient (Wildman–Crippen LogP) is 7.53. The van der Waals surface area contributed by atoms with Crippen LogP contribution >= 0.6 is 0 Å². The van der Waals surface area contributed by atoms with Crippen molar-refractivity contribution in [1.82, 2.24) is 5.32 Å². The Balaban J connectivity index is 1.50. The van der Waals surface area contributed by atoms with Gasteiger partial charge < -0.3 is 10.1 Å². The van der Waals surface area contributed by atoms with Crippen LogP contribution in [0.4, 0.5) is 0 Å². The van der Waals surface area contributed by atoms with Gasteiger partial charge in [-0.1, -0.05) is 106 Å². The molecule has 33 heavy (non-hydrogen) atoms. The second kappa shape index (κ2) is 14.2. The molecule has 1 unspecified atom stereocenters. The van der Waals surface area contributed by atoms with E-state index >= 15 is 0 Å². The number of carbonyl (C=O) groups excluding carboxylic acids is 1. The lowest BCUT2D eigenvalue weighted by Crippen LogP contribution is -2.30. The van der Waals surface area contributed by atoms with Crippen molar-refractivity contribution in [3.63, 3.8) is 0 Å². The molecule has 0 heterocycles. The van der Waals surface area contributed by atoms with Crippen LogP contribution in [0, 0.1) is 0 Å². The number of rotatable bonds is 14. The van der Waals surface area contributed by atoms with Gasteiger partial charge in [-0.25, -0.2) is 0 Å². The molecule has 1 amide bonds. The topological polar surface area (TPSA) is 38.3 Å². The molecule has 0 fully saturated rings. The molecular formula is C30H37NO2. The van der Waals surface area contributed by atoms with Gasteiger partial charge in [0.25, 0.3) is 5.91 Å². The van der Waals surface area contributed by atoms with Gasteiger partial charge in [-0.3, -0.25) is 4.79 Å². The molecule has 3 heteroatoms. The van der Waals surface area contributed by atoms with Gasteiger partial charge in [0.1, 0.15) is 5.75 Å². The van der Waals surface area contributed by atoms with Gasteiger partial charge in [0.05, 0.1) is 12.6 Å². The average molecular weight is 444 g/mol. The van der Waals surface area contributed by atoms with E-state index in [0.717, 1.165) is 30.8 Å². The summed E-state index contributed by atoms with van der Waals surface area (Å²) >= 11 is 0. The van der Waals surface area contributed by atoms with Crippen molar-refractivity contribution in [2.45, 2.75) is 64.3 Å². The fourth-order valence-electron chi connectivity index (χ4n) is 3.98. The third-order valence-electron chi connectivity index (χ3n) is 5.92. The molecule has 3 aromatic carbocycles. The normalized spacial score (nSPS) is 11.7. The third kappa shape index (κ3) is 8.76. The fraction of sp³-hybridized carbons (Fsp3) is 0.367. The molecule has 3 nitrogen and oxygen atoms in total. The van der Waals surface area contributed by atoms with Gasteiger partial charge in [0.2, 0.25) is 0 Å². The first-order chi connectivity index (χ1) is 16.3. The molecule has 1 N–H and O–H groups in total. The van der Waals surface area contributed by atoms with Crippen LogP contribution < -0.4 is 10.1 Å². The van der Waals surface area contributed by atoms with E-state index in [4.69, 9.17) is 4.74 Å². The molecule has 0 bridgehead atoms. The van der Waals surface area contributed by atoms with Crippen LogP contribution in [0.1, 0.15) is 79.4 Å². The number of hydrogen-bond donors (Lipinski definition) is 1. The van der Waals surface area contributed by atoms with Crippen LogP contribution in [-0.4, -0.2) is 12.5 Å². The average Bonchev–Trinajstić information content (AvgIpc) is 2.87. The van der Waals surface area contributed by atoms with E-state index in [1.165, 1.54) is 44.1 Å². The lowest BCUT2D eigenvalue weighted by atomic mass is 9.98. The quantitative estimate of drug-likeness (QED) is 0.262. The largest absolute Gasteiger partial charge is 0.494 e. The fourth-order valence-corrected chi connectivity index (χ4v) is 3.98. The molecule has 0 saturated heterocycles. The molecule has 0 aliphatic heterocycles. The van der Waals surface area contributed by atoms with E-state index in [1.807, 2.05) is 60.7 Å². The lowest BCUT2D eigenvalue weighted by Gasteiger charge is -2.20. The first-order valence-corrected chi connectivity index (χ1v) is 12.4. The highest BCUT2D eigenvalue weighted by atomic mass is 16.5. The van der Waals surface area contributed by atoms with E-state index < -0.39 is 0 Å². The number of unbranched alkanes of at least 4 members (excludes halogenated alkanes) is 6. The molecule has 0 saturated carbocycles. The summed E-state index contributed by atoms with van der Waals surface area (Å²) in [7, 11) is 0. The summed E-state index contributed by atoms with van der Waals surface area (Å²) in [5.41, 5.74) is 2.94. The summed E-state index contributed by atoms with van der Waals surface area (Å²) in [6.45, 7) is 2.97. The van der Waals surface area contributed by atoms with Gasteiger partial charge in [-0.05, 0) is 48.2 Å². The van der Waals surface area contributed by atoms with E-state index in [1.54, 1.807) is 0 Å². The highest BCUT2D eigenvalue weighted by Gasteiger charge is 2.16. The Kier molecular flexibility index (Phi) is 10.5. The maximum atomic E-state index is 13.0. The smallest absolute Gasteiger partial charge is 0.251 e. The summed E-state index contributed by atoms with van der Waals surface area (Å²) in [5, 5.41) is 3.22. The van der Waals surface area contributed by atoms with Crippen molar-refractivity contribution in [3.8, 4) is 5.75 Å². The molecule has 0 aromatic heterocycles. The minimum atomic E-state index is -0.0886. The van der Waals surface area contributed by atoms with Crippen molar-refractivity contribution < 1.29 is 9.53 Å². The van der Waals surface area contributed by atoms with Gasteiger partial charge in [0, 0.05) is 5.56 Å². The van der Waals surface area contributed by atoms with Crippen molar-refractivity contribution >= 4 is 5.91 Å². The van der Waals surface area contributed by atoms with Crippen molar-refractivity contribution in [2.24, 2.45) is 0 Å². The van der Waals surface area contributed by atoms with Crippen LogP contribution in [0.3, 0.4) is 0 Å². The highest BCUT2D eigenvalue weighted by molar-refractivity contribution is 5.94. The van der Waals surface area contributed by atoms with Crippen molar-refractivity contribution in [2.75, 3.05) is 6.61 Å². The second-order valence-corrected chi connectivity index (χ2v) is 8.62. The molecular weight excluding hydrogens is 406 g/mol. The Morgan fingerprint density at radius 2 is 1.36 bits per heavy atom. The van der Waals surface area contributed by atoms with E-state index in [2.05, 4.69) is 36.5 Å². The zero-order chi connectivity index (χ0) is 23.1. The van der Waals surface area contributed by atoms with E-state index in [-0.39, 0.29) is 11.9 Å². The molecule has 0 aliphatic carbocycles. The maximum absolute atomic E-state index is 13.0. The Morgan fingerprint density at radius 3 is 2.03 bits per heavy atom. The summed E-state index contributed by atoms with van der Waals surface area (Å²) in [6.07, 6.45) is 9.62. The Bertz CT molecular complexity index is 923. The van der Waals surface area contributed by atoms with Gasteiger partial charge >= 0.3 is 0 Å². The number of benzene rings is 3. The molecule has 0 aliphatic rings. The standard InChI is InChI=1S/C30H37NO2/c1-2-3-4-5-6-7-14-23-33-28-21-19-27(20-22-28)30(32)31-29(26-17-12-9-13-18-26)24-25-15-10-8-11-16-25/h8-13,15-22,29H,2-7,14,23-24H2,1H3,(H,31,32). The predicted molar refractivity (Wildman–Crippen MR) is 137 cm³/mol. The number of ether oxygens (including phenoxy) is 1. The number of amides is 1. The Hall–Kier alpha value is -3.07. The number of nitrogens with one attached hydrogen (secondary N) is 1. The summed E-state index contributed by atoms with van der Waals surface area (Å²) in [6, 6.07) is 27.8. The second-order valence-electron chi connectivity index (χ2n) is 8.62. The van der Waals surface area contributed by atoms with E-state index in [0.29, 0.717) is 5.56 Å². The molecule has 1 atom stereocenters. The molecule has 0 spiro atoms. The summed E-state index contributed by atoms with van der Waals surface area (Å²) in [4.78, 5) is 13.0. The lowest BCUT2D eigenvalue weighted by molar-refractivity contribution is 0.0936. The highest BCUT2D eigenvalue weighted by Crippen LogP contribution is 2.20. The Morgan fingerprint density at radius 1 is 0.758 bits per heavy atom. The van der Waals surface area contributed by atoms with Crippen LogP contribution in [0.5, 0.6) is 5.75 Å². The molecule has 3 aromatic rings. The van der Waals surface area contributed by atoms with Crippen LogP contribution in [0.25, 0.3) is 0 Å². The minimum absolute atomic E-state index is 0.0709. The zero-order valence-corrected chi connectivity index (χ0v) is 19.8. The molecule has 3 rings (SSSR count). The van der Waals surface area contributed by atoms with Crippen LogP contribution in [0.2, 0.25) is 0 Å².